The van der Waals surface area contributed by atoms with Gasteiger partial charge in [0.2, 0.25) is 0 Å². The summed E-state index contributed by atoms with van der Waals surface area (Å²) < 4.78 is 14.1. The minimum Gasteiger partial charge on any atom is -0.351 e. The zero-order chi connectivity index (χ0) is 10.6. The smallest absolute Gasteiger partial charge is 0.174 e. The molecule has 1 heterocycles. The second-order valence-corrected chi connectivity index (χ2v) is 5.36. The SMILES string of the molecule is O=NSC1(C2OCCCO2)CCCCC1. The van der Waals surface area contributed by atoms with Crippen LogP contribution in [0.1, 0.15) is 38.5 Å². The fraction of sp³-hybridized carbons (Fsp3) is 1.00. The first-order valence-electron chi connectivity index (χ1n) is 5.61. The topological polar surface area (TPSA) is 47.9 Å². The van der Waals surface area contributed by atoms with Crippen LogP contribution in [0.15, 0.2) is 4.58 Å². The van der Waals surface area contributed by atoms with Crippen LogP contribution in [0.4, 0.5) is 0 Å². The van der Waals surface area contributed by atoms with Crippen molar-refractivity contribution in [1.82, 2.24) is 0 Å². The van der Waals surface area contributed by atoms with Crippen molar-refractivity contribution in [2.75, 3.05) is 13.2 Å². The summed E-state index contributed by atoms with van der Waals surface area (Å²) in [4.78, 5) is 10.5. The van der Waals surface area contributed by atoms with E-state index in [1.54, 1.807) is 0 Å². The summed E-state index contributed by atoms with van der Waals surface area (Å²) in [7, 11) is 0. The van der Waals surface area contributed by atoms with E-state index >= 15 is 0 Å². The van der Waals surface area contributed by atoms with Gasteiger partial charge in [0, 0.05) is 16.5 Å². The molecule has 0 unspecified atom stereocenters. The van der Waals surface area contributed by atoms with Crippen molar-refractivity contribution in [2.24, 2.45) is 4.58 Å². The number of hydrogen-bond donors (Lipinski definition) is 0. The lowest BCUT2D eigenvalue weighted by atomic mass is 9.87. The summed E-state index contributed by atoms with van der Waals surface area (Å²) in [6, 6.07) is 0. The van der Waals surface area contributed by atoms with Gasteiger partial charge in [-0.15, -0.1) is 4.91 Å². The maximum atomic E-state index is 10.5. The molecule has 0 radical (unpaired) electrons. The first kappa shape index (κ1) is 11.4. The van der Waals surface area contributed by atoms with Crippen LogP contribution in [0.5, 0.6) is 0 Å². The van der Waals surface area contributed by atoms with E-state index in [2.05, 4.69) is 4.58 Å². The van der Waals surface area contributed by atoms with Crippen LogP contribution in [-0.4, -0.2) is 24.3 Å². The van der Waals surface area contributed by atoms with E-state index < -0.39 is 0 Å². The van der Waals surface area contributed by atoms with Crippen molar-refractivity contribution in [3.8, 4) is 0 Å². The van der Waals surface area contributed by atoms with Gasteiger partial charge in [0.15, 0.2) is 6.29 Å². The highest BCUT2D eigenvalue weighted by molar-refractivity contribution is 7.99. The highest BCUT2D eigenvalue weighted by Gasteiger charge is 2.44. The zero-order valence-electron chi connectivity index (χ0n) is 8.81. The molecule has 1 aliphatic carbocycles. The van der Waals surface area contributed by atoms with Crippen LogP contribution in [-0.2, 0) is 9.47 Å². The number of ether oxygens (including phenoxy) is 2. The largest absolute Gasteiger partial charge is 0.351 e. The van der Waals surface area contributed by atoms with E-state index in [4.69, 9.17) is 9.47 Å². The van der Waals surface area contributed by atoms with E-state index in [-0.39, 0.29) is 11.0 Å². The highest BCUT2D eigenvalue weighted by Crippen LogP contribution is 2.45. The second-order valence-electron chi connectivity index (χ2n) is 4.22. The lowest BCUT2D eigenvalue weighted by Crippen LogP contribution is -2.46. The Kier molecular flexibility index (Phi) is 3.99. The van der Waals surface area contributed by atoms with Crippen molar-refractivity contribution < 1.29 is 9.47 Å². The maximum Gasteiger partial charge on any atom is 0.174 e. The zero-order valence-corrected chi connectivity index (χ0v) is 9.63. The molecule has 2 rings (SSSR count). The average Bonchev–Trinajstić information content (AvgIpc) is 2.32. The van der Waals surface area contributed by atoms with E-state index in [0.717, 1.165) is 57.3 Å². The van der Waals surface area contributed by atoms with Gasteiger partial charge in [-0.05, 0) is 19.3 Å². The van der Waals surface area contributed by atoms with Gasteiger partial charge in [0.25, 0.3) is 0 Å². The Labute approximate surface area is 94.2 Å². The van der Waals surface area contributed by atoms with Crippen LogP contribution in [0.2, 0.25) is 0 Å². The van der Waals surface area contributed by atoms with Gasteiger partial charge >= 0.3 is 0 Å². The standard InChI is InChI=1S/C10H17NO3S/c12-11-15-10(5-2-1-3-6-10)9-13-7-4-8-14-9/h9H,1-8H2. The van der Waals surface area contributed by atoms with E-state index in [1.807, 2.05) is 0 Å². The molecule has 1 saturated heterocycles. The lowest BCUT2D eigenvalue weighted by Gasteiger charge is -2.41. The molecule has 0 spiro atoms. The molecule has 15 heavy (non-hydrogen) atoms. The summed E-state index contributed by atoms with van der Waals surface area (Å²) in [5, 5.41) is 0. The van der Waals surface area contributed by atoms with E-state index in [0.29, 0.717) is 0 Å². The van der Waals surface area contributed by atoms with Gasteiger partial charge in [-0.1, -0.05) is 19.3 Å². The second kappa shape index (κ2) is 5.27. The molecule has 1 aliphatic heterocycles. The molecular weight excluding hydrogens is 214 g/mol. The molecule has 0 N–H and O–H groups in total. The molecule has 0 aromatic heterocycles. The number of hydrogen-bond acceptors (Lipinski definition) is 5. The van der Waals surface area contributed by atoms with Crippen LogP contribution < -0.4 is 0 Å². The predicted molar refractivity (Wildman–Crippen MR) is 59.5 cm³/mol. The number of rotatable bonds is 3. The molecule has 0 aromatic carbocycles. The molecule has 1 saturated carbocycles. The Hall–Kier alpha value is -0.130. The summed E-state index contributed by atoms with van der Waals surface area (Å²) in [5.41, 5.74) is 0. The molecule has 2 fully saturated rings. The minimum absolute atomic E-state index is 0.208. The van der Waals surface area contributed by atoms with Crippen LogP contribution >= 0.6 is 11.9 Å². The summed E-state index contributed by atoms with van der Waals surface area (Å²) >= 11 is 1.13. The third kappa shape index (κ3) is 2.52. The summed E-state index contributed by atoms with van der Waals surface area (Å²) in [6.45, 7) is 1.48. The van der Waals surface area contributed by atoms with Gasteiger partial charge in [-0.3, -0.25) is 0 Å². The Morgan fingerprint density at radius 1 is 1.07 bits per heavy atom. The minimum atomic E-state index is -0.228. The van der Waals surface area contributed by atoms with Gasteiger partial charge in [-0.25, -0.2) is 0 Å². The van der Waals surface area contributed by atoms with Gasteiger partial charge < -0.3 is 9.47 Å². The van der Waals surface area contributed by atoms with E-state index in [9.17, 15) is 4.91 Å². The Morgan fingerprint density at radius 3 is 2.33 bits per heavy atom. The normalized spacial score (nSPS) is 27.5. The quantitative estimate of drug-likeness (QED) is 0.553. The molecule has 0 atom stereocenters. The Bertz CT molecular complexity index is 213. The van der Waals surface area contributed by atoms with Crippen molar-refractivity contribution in [1.29, 1.82) is 0 Å². The fourth-order valence-electron chi connectivity index (χ4n) is 2.39. The van der Waals surface area contributed by atoms with Gasteiger partial charge in [0.05, 0.1) is 18.0 Å². The van der Waals surface area contributed by atoms with Crippen LogP contribution in [0, 0.1) is 4.91 Å². The third-order valence-corrected chi connectivity index (χ3v) is 4.21. The Morgan fingerprint density at radius 2 is 1.73 bits per heavy atom. The molecule has 0 amide bonds. The fourth-order valence-corrected chi connectivity index (χ4v) is 3.23. The summed E-state index contributed by atoms with van der Waals surface area (Å²) in [6.07, 6.45) is 6.22. The highest BCUT2D eigenvalue weighted by atomic mass is 32.2. The number of nitroso groups, excluding NO2 is 1. The van der Waals surface area contributed by atoms with Crippen molar-refractivity contribution in [3.63, 3.8) is 0 Å². The lowest BCUT2D eigenvalue weighted by molar-refractivity contribution is -0.199. The molecule has 86 valence electrons. The first-order valence-corrected chi connectivity index (χ1v) is 6.39. The molecule has 2 aliphatic rings. The Balaban J connectivity index is 2.04. The van der Waals surface area contributed by atoms with Crippen LogP contribution in [0.3, 0.4) is 0 Å². The summed E-state index contributed by atoms with van der Waals surface area (Å²) in [5.74, 6) is 0. The molecule has 4 nitrogen and oxygen atoms in total. The first-order chi connectivity index (χ1) is 7.37. The van der Waals surface area contributed by atoms with Crippen molar-refractivity contribution in [2.45, 2.75) is 49.6 Å². The number of nitrogens with zero attached hydrogens (tertiary/aromatic N) is 1. The molecule has 5 heteroatoms. The van der Waals surface area contributed by atoms with Crippen LogP contribution in [0.25, 0.3) is 0 Å². The van der Waals surface area contributed by atoms with Crippen molar-refractivity contribution in [3.05, 3.63) is 4.91 Å². The predicted octanol–water partition coefficient (Wildman–Crippen LogP) is 2.87. The molecular formula is C10H17NO3S. The van der Waals surface area contributed by atoms with Crippen molar-refractivity contribution >= 4 is 11.9 Å². The molecule has 0 aromatic rings. The monoisotopic (exact) mass is 231 g/mol. The molecule has 0 bridgehead atoms. The third-order valence-electron chi connectivity index (χ3n) is 3.18. The van der Waals surface area contributed by atoms with E-state index in [1.165, 1.54) is 6.42 Å². The van der Waals surface area contributed by atoms with Gasteiger partial charge in [-0.2, -0.15) is 0 Å². The maximum absolute atomic E-state index is 10.5. The average molecular weight is 231 g/mol. The van der Waals surface area contributed by atoms with Gasteiger partial charge in [0.1, 0.15) is 0 Å².